The second kappa shape index (κ2) is 5.04. The topological polar surface area (TPSA) is 82.8 Å². The van der Waals surface area contributed by atoms with Crippen LogP contribution in [0.1, 0.15) is 5.76 Å². The average molecular weight is 212 g/mol. The molecule has 0 aliphatic heterocycles. The third kappa shape index (κ3) is 3.72. The molecule has 0 aromatic carbocycles. The maximum absolute atomic E-state index is 11.3. The van der Waals surface area contributed by atoms with Crippen molar-refractivity contribution >= 4 is 12.0 Å². The highest BCUT2D eigenvalue weighted by Crippen LogP contribution is 2.03. The van der Waals surface area contributed by atoms with Crippen LogP contribution < -0.4 is 5.32 Å². The quantitative estimate of drug-likeness (QED) is 0.761. The van der Waals surface area contributed by atoms with Gasteiger partial charge in [-0.1, -0.05) is 0 Å². The molecule has 0 radical (unpaired) electrons. The number of urea groups is 1. The fourth-order valence-corrected chi connectivity index (χ4v) is 0.994. The second-order valence-electron chi connectivity index (χ2n) is 2.99. The van der Waals surface area contributed by atoms with Crippen molar-refractivity contribution in [3.05, 3.63) is 24.2 Å². The Morgan fingerprint density at radius 2 is 2.33 bits per heavy atom. The molecule has 1 rings (SSSR count). The minimum atomic E-state index is -1.07. The van der Waals surface area contributed by atoms with Crippen LogP contribution in [0.15, 0.2) is 22.8 Å². The summed E-state index contributed by atoms with van der Waals surface area (Å²) in [5, 5.41) is 10.6. The van der Waals surface area contributed by atoms with Crippen LogP contribution in [0.5, 0.6) is 0 Å². The van der Waals surface area contributed by atoms with E-state index in [0.717, 1.165) is 0 Å². The smallest absolute Gasteiger partial charge is 0.323 e. The molecule has 0 spiro atoms. The van der Waals surface area contributed by atoms with E-state index in [9.17, 15) is 9.59 Å². The SMILES string of the molecule is CN(Cc1ccco1)C(=O)NCC(=O)O. The summed E-state index contributed by atoms with van der Waals surface area (Å²) in [4.78, 5) is 22.8. The molecular formula is C9H12N2O4. The highest BCUT2D eigenvalue weighted by atomic mass is 16.4. The monoisotopic (exact) mass is 212 g/mol. The van der Waals surface area contributed by atoms with Crippen LogP contribution in [0.25, 0.3) is 0 Å². The van der Waals surface area contributed by atoms with E-state index < -0.39 is 12.0 Å². The Kier molecular flexibility index (Phi) is 3.73. The predicted octanol–water partition coefficient (Wildman–Crippen LogP) is 0.506. The number of amides is 2. The van der Waals surface area contributed by atoms with Gasteiger partial charge in [-0.3, -0.25) is 4.79 Å². The lowest BCUT2D eigenvalue weighted by Crippen LogP contribution is -2.39. The molecular weight excluding hydrogens is 200 g/mol. The number of carbonyl (C=O) groups excluding carboxylic acids is 1. The minimum Gasteiger partial charge on any atom is -0.480 e. The summed E-state index contributed by atoms with van der Waals surface area (Å²) in [7, 11) is 1.56. The highest BCUT2D eigenvalue weighted by Gasteiger charge is 2.10. The normalized spacial score (nSPS) is 9.67. The lowest BCUT2D eigenvalue weighted by molar-refractivity contribution is -0.135. The number of nitrogens with one attached hydrogen (secondary N) is 1. The van der Waals surface area contributed by atoms with Gasteiger partial charge >= 0.3 is 12.0 Å². The summed E-state index contributed by atoms with van der Waals surface area (Å²) < 4.78 is 5.04. The number of hydrogen-bond donors (Lipinski definition) is 2. The van der Waals surface area contributed by atoms with E-state index >= 15 is 0 Å². The maximum Gasteiger partial charge on any atom is 0.323 e. The van der Waals surface area contributed by atoms with Crippen LogP contribution >= 0.6 is 0 Å². The van der Waals surface area contributed by atoms with Gasteiger partial charge in [0.15, 0.2) is 0 Å². The molecule has 1 aromatic rings. The Bertz CT molecular complexity index is 334. The average Bonchev–Trinajstić information content (AvgIpc) is 2.66. The van der Waals surface area contributed by atoms with Crippen molar-refractivity contribution in [3.63, 3.8) is 0 Å². The molecule has 0 fully saturated rings. The minimum absolute atomic E-state index is 0.304. The first-order chi connectivity index (χ1) is 7.09. The lowest BCUT2D eigenvalue weighted by atomic mass is 10.4. The van der Waals surface area contributed by atoms with E-state index in [1.807, 2.05) is 0 Å². The number of rotatable bonds is 4. The van der Waals surface area contributed by atoms with Crippen molar-refractivity contribution in [1.82, 2.24) is 10.2 Å². The van der Waals surface area contributed by atoms with Crippen molar-refractivity contribution in [2.24, 2.45) is 0 Å². The molecule has 2 amide bonds. The summed E-state index contributed by atoms with van der Waals surface area (Å²) in [5.74, 6) is -0.433. The summed E-state index contributed by atoms with van der Waals surface area (Å²) >= 11 is 0. The van der Waals surface area contributed by atoms with Crippen LogP contribution in [0.4, 0.5) is 4.79 Å². The highest BCUT2D eigenvalue weighted by molar-refractivity contribution is 5.79. The Morgan fingerprint density at radius 3 is 2.87 bits per heavy atom. The van der Waals surface area contributed by atoms with Crippen molar-refractivity contribution in [3.8, 4) is 0 Å². The van der Waals surface area contributed by atoms with Gasteiger partial charge in [0.1, 0.15) is 12.3 Å². The third-order valence-corrected chi connectivity index (χ3v) is 1.71. The Hall–Kier alpha value is -1.98. The van der Waals surface area contributed by atoms with Gasteiger partial charge in [-0.25, -0.2) is 4.79 Å². The standard InChI is InChI=1S/C9H12N2O4/c1-11(6-7-3-2-4-15-7)9(14)10-5-8(12)13/h2-4H,5-6H2,1H3,(H,10,14)(H,12,13). The van der Waals surface area contributed by atoms with Crippen LogP contribution in [0, 0.1) is 0 Å². The fourth-order valence-electron chi connectivity index (χ4n) is 0.994. The molecule has 1 aromatic heterocycles. The molecule has 82 valence electrons. The van der Waals surface area contributed by atoms with E-state index in [0.29, 0.717) is 12.3 Å². The van der Waals surface area contributed by atoms with Gasteiger partial charge in [-0.2, -0.15) is 0 Å². The summed E-state index contributed by atoms with van der Waals surface area (Å²) in [6.07, 6.45) is 1.51. The Balaban J connectivity index is 2.36. The first-order valence-electron chi connectivity index (χ1n) is 4.32. The zero-order chi connectivity index (χ0) is 11.3. The molecule has 0 bridgehead atoms. The largest absolute Gasteiger partial charge is 0.480 e. The summed E-state index contributed by atoms with van der Waals surface area (Å²) in [6.45, 7) is -0.0836. The van der Waals surface area contributed by atoms with Crippen LogP contribution in [-0.2, 0) is 11.3 Å². The maximum atomic E-state index is 11.3. The first kappa shape index (κ1) is 11.1. The van der Waals surface area contributed by atoms with Crippen LogP contribution in [-0.4, -0.2) is 35.6 Å². The van der Waals surface area contributed by atoms with Gasteiger partial charge in [0, 0.05) is 7.05 Å². The van der Waals surface area contributed by atoms with Crippen molar-refractivity contribution in [1.29, 1.82) is 0 Å². The van der Waals surface area contributed by atoms with Crippen LogP contribution in [0.3, 0.4) is 0 Å². The molecule has 0 atom stereocenters. The van der Waals surface area contributed by atoms with Crippen molar-refractivity contribution < 1.29 is 19.1 Å². The van der Waals surface area contributed by atoms with E-state index in [1.165, 1.54) is 11.2 Å². The van der Waals surface area contributed by atoms with E-state index in [-0.39, 0.29) is 6.54 Å². The zero-order valence-corrected chi connectivity index (χ0v) is 8.27. The van der Waals surface area contributed by atoms with Gasteiger partial charge in [-0.15, -0.1) is 0 Å². The fraction of sp³-hybridized carbons (Fsp3) is 0.333. The van der Waals surface area contributed by atoms with Crippen molar-refractivity contribution in [2.45, 2.75) is 6.54 Å². The molecule has 0 saturated carbocycles. The number of carbonyl (C=O) groups is 2. The first-order valence-corrected chi connectivity index (χ1v) is 4.32. The Morgan fingerprint density at radius 1 is 1.60 bits per heavy atom. The van der Waals surface area contributed by atoms with Gasteiger partial charge in [0.2, 0.25) is 0 Å². The molecule has 15 heavy (non-hydrogen) atoms. The number of hydrogen-bond acceptors (Lipinski definition) is 3. The molecule has 0 aliphatic carbocycles. The predicted molar refractivity (Wildman–Crippen MR) is 51.2 cm³/mol. The molecule has 6 heteroatoms. The molecule has 6 nitrogen and oxygen atoms in total. The Labute approximate surface area is 86.5 Å². The molecule has 2 N–H and O–H groups in total. The second-order valence-corrected chi connectivity index (χ2v) is 2.99. The van der Waals surface area contributed by atoms with Crippen LogP contribution in [0.2, 0.25) is 0 Å². The van der Waals surface area contributed by atoms with E-state index in [1.54, 1.807) is 19.2 Å². The molecule has 0 saturated heterocycles. The number of furan rings is 1. The molecule has 0 aliphatic rings. The van der Waals surface area contributed by atoms with Gasteiger partial charge in [0.25, 0.3) is 0 Å². The third-order valence-electron chi connectivity index (χ3n) is 1.71. The van der Waals surface area contributed by atoms with Gasteiger partial charge < -0.3 is 19.7 Å². The zero-order valence-electron chi connectivity index (χ0n) is 8.27. The number of aliphatic carboxylic acids is 1. The number of carboxylic acids is 1. The van der Waals surface area contributed by atoms with Gasteiger partial charge in [0.05, 0.1) is 12.8 Å². The van der Waals surface area contributed by atoms with Gasteiger partial charge in [-0.05, 0) is 12.1 Å². The van der Waals surface area contributed by atoms with E-state index in [2.05, 4.69) is 5.32 Å². The summed E-state index contributed by atoms with van der Waals surface area (Å²) in [6, 6.07) is 3.01. The lowest BCUT2D eigenvalue weighted by Gasteiger charge is -2.15. The molecule has 1 heterocycles. The number of nitrogens with zero attached hydrogens (tertiary/aromatic N) is 1. The van der Waals surface area contributed by atoms with E-state index in [4.69, 9.17) is 9.52 Å². The summed E-state index contributed by atoms with van der Waals surface area (Å²) in [5.41, 5.74) is 0. The van der Waals surface area contributed by atoms with Crippen molar-refractivity contribution in [2.75, 3.05) is 13.6 Å². The molecule has 0 unspecified atom stereocenters. The number of carboxylic acid groups (broad SMARTS) is 1.